The Labute approximate surface area is 141 Å². The fraction of sp³-hybridized carbons (Fsp3) is 0.250. The highest BCUT2D eigenvalue weighted by Crippen LogP contribution is 2.29. The Hall–Kier alpha value is -2.28. The normalized spacial score (nSPS) is 17.3. The van der Waals surface area contributed by atoms with Crippen LogP contribution in [-0.2, 0) is 11.2 Å². The molecule has 1 aliphatic heterocycles. The molecule has 3 aromatic rings. The number of fused-ring (bicyclic) bond motifs is 2. The van der Waals surface area contributed by atoms with Crippen LogP contribution in [0, 0.1) is 0 Å². The molecule has 0 bridgehead atoms. The van der Waals surface area contributed by atoms with Gasteiger partial charge in [-0.15, -0.1) is 0 Å². The van der Waals surface area contributed by atoms with Crippen LogP contribution in [0.15, 0.2) is 35.1 Å². The second kappa shape index (κ2) is 5.42. The summed E-state index contributed by atoms with van der Waals surface area (Å²) in [4.78, 5) is 22.0. The smallest absolute Gasteiger partial charge is 0.210 e. The van der Waals surface area contributed by atoms with E-state index in [4.69, 9.17) is 4.98 Å². The van der Waals surface area contributed by atoms with Crippen molar-refractivity contribution in [1.82, 2.24) is 24.5 Å². The van der Waals surface area contributed by atoms with Gasteiger partial charge in [0.05, 0.1) is 16.2 Å². The lowest BCUT2D eigenvalue weighted by molar-refractivity contribution is -0.120. The molecule has 0 aliphatic carbocycles. The van der Waals surface area contributed by atoms with Crippen LogP contribution in [0.1, 0.15) is 24.2 Å². The van der Waals surface area contributed by atoms with E-state index in [-0.39, 0.29) is 6.04 Å². The fourth-order valence-corrected chi connectivity index (χ4v) is 3.26. The molecule has 3 aromatic heterocycles. The lowest BCUT2D eigenvalue weighted by Crippen LogP contribution is -2.33. The van der Waals surface area contributed by atoms with Gasteiger partial charge in [0.15, 0.2) is 5.65 Å². The van der Waals surface area contributed by atoms with Crippen molar-refractivity contribution >= 4 is 28.0 Å². The van der Waals surface area contributed by atoms with Crippen molar-refractivity contribution in [3.8, 4) is 11.4 Å². The molecule has 0 N–H and O–H groups in total. The van der Waals surface area contributed by atoms with E-state index >= 15 is 0 Å². The van der Waals surface area contributed by atoms with Gasteiger partial charge < -0.3 is 4.90 Å². The van der Waals surface area contributed by atoms with E-state index < -0.39 is 0 Å². The first-order valence-electron chi connectivity index (χ1n) is 7.38. The van der Waals surface area contributed by atoms with E-state index in [1.54, 1.807) is 15.6 Å². The summed E-state index contributed by atoms with van der Waals surface area (Å²) in [5, 5.41) is 4.54. The number of carbonyl (C=O) groups is 1. The van der Waals surface area contributed by atoms with E-state index in [0.717, 1.165) is 45.6 Å². The predicted molar refractivity (Wildman–Crippen MR) is 88.8 cm³/mol. The molecule has 23 heavy (non-hydrogen) atoms. The molecule has 0 saturated heterocycles. The van der Waals surface area contributed by atoms with Gasteiger partial charge in [0.2, 0.25) is 6.41 Å². The number of hydrogen-bond acceptors (Lipinski definition) is 4. The molecular weight excluding hydrogens is 358 g/mol. The van der Waals surface area contributed by atoms with Crippen molar-refractivity contribution in [3.05, 3.63) is 46.3 Å². The summed E-state index contributed by atoms with van der Waals surface area (Å²) >= 11 is 3.39. The standard InChI is InChI=1S/C16H14BrN5O/c1-10-12-2-3-14(19-13(12)4-5-21(10)9-23)15-6-16-18-7-11(17)8-22(16)20-15/h2-3,6-10H,4-5H2,1H3. The zero-order chi connectivity index (χ0) is 16.0. The lowest BCUT2D eigenvalue weighted by atomic mass is 9.98. The van der Waals surface area contributed by atoms with E-state index in [1.807, 2.05) is 31.3 Å². The van der Waals surface area contributed by atoms with Crippen molar-refractivity contribution in [1.29, 1.82) is 0 Å². The fourth-order valence-electron chi connectivity index (χ4n) is 2.97. The maximum Gasteiger partial charge on any atom is 0.210 e. The van der Waals surface area contributed by atoms with Gasteiger partial charge in [0.1, 0.15) is 5.69 Å². The van der Waals surface area contributed by atoms with Gasteiger partial charge in [0.25, 0.3) is 0 Å². The SMILES string of the molecule is CC1c2ccc(-c3cc4ncc(Br)cn4n3)nc2CCN1C=O. The number of halogens is 1. The number of rotatable bonds is 2. The van der Waals surface area contributed by atoms with Gasteiger partial charge in [0, 0.05) is 37.1 Å². The molecule has 1 unspecified atom stereocenters. The quantitative estimate of drug-likeness (QED) is 0.649. The molecule has 7 heteroatoms. The summed E-state index contributed by atoms with van der Waals surface area (Å²) in [6.07, 6.45) is 5.29. The maximum absolute atomic E-state index is 11.1. The van der Waals surface area contributed by atoms with Crippen LogP contribution in [0.4, 0.5) is 0 Å². The highest BCUT2D eigenvalue weighted by Gasteiger charge is 2.24. The Balaban J connectivity index is 1.76. The summed E-state index contributed by atoms with van der Waals surface area (Å²) in [5.41, 5.74) is 4.56. The van der Waals surface area contributed by atoms with Crippen molar-refractivity contribution in [2.24, 2.45) is 0 Å². The third-order valence-corrected chi connectivity index (χ3v) is 4.65. The minimum Gasteiger partial charge on any atom is -0.338 e. The second-order valence-electron chi connectivity index (χ2n) is 5.61. The summed E-state index contributed by atoms with van der Waals surface area (Å²) in [6.45, 7) is 2.73. The summed E-state index contributed by atoms with van der Waals surface area (Å²) in [6, 6.07) is 5.99. The first kappa shape index (κ1) is 14.3. The average molecular weight is 372 g/mol. The van der Waals surface area contributed by atoms with Crippen molar-refractivity contribution in [2.45, 2.75) is 19.4 Å². The third-order valence-electron chi connectivity index (χ3n) is 4.24. The van der Waals surface area contributed by atoms with Crippen molar-refractivity contribution in [2.75, 3.05) is 6.54 Å². The minimum atomic E-state index is 0.0662. The molecule has 1 atom stereocenters. The number of aromatic nitrogens is 4. The zero-order valence-electron chi connectivity index (χ0n) is 12.5. The predicted octanol–water partition coefficient (Wildman–Crippen LogP) is 2.63. The summed E-state index contributed by atoms with van der Waals surface area (Å²) in [7, 11) is 0. The summed E-state index contributed by atoms with van der Waals surface area (Å²) in [5.74, 6) is 0. The first-order valence-corrected chi connectivity index (χ1v) is 8.17. The highest BCUT2D eigenvalue weighted by atomic mass is 79.9. The Morgan fingerprint density at radius 1 is 1.35 bits per heavy atom. The number of pyridine rings is 1. The molecule has 4 rings (SSSR count). The van der Waals surface area contributed by atoms with Crippen LogP contribution in [0.2, 0.25) is 0 Å². The Morgan fingerprint density at radius 2 is 2.22 bits per heavy atom. The van der Waals surface area contributed by atoms with Crippen LogP contribution in [0.3, 0.4) is 0 Å². The van der Waals surface area contributed by atoms with E-state index in [2.05, 4.69) is 26.0 Å². The van der Waals surface area contributed by atoms with Gasteiger partial charge in [-0.2, -0.15) is 5.10 Å². The first-order chi connectivity index (χ1) is 11.2. The Bertz CT molecular complexity index is 907. The van der Waals surface area contributed by atoms with Crippen LogP contribution >= 0.6 is 15.9 Å². The molecule has 6 nitrogen and oxygen atoms in total. The second-order valence-corrected chi connectivity index (χ2v) is 6.52. The molecule has 0 spiro atoms. The molecule has 0 aromatic carbocycles. The molecule has 1 aliphatic rings. The summed E-state index contributed by atoms with van der Waals surface area (Å²) < 4.78 is 2.61. The molecule has 0 saturated carbocycles. The topological polar surface area (TPSA) is 63.4 Å². The van der Waals surface area contributed by atoms with Gasteiger partial charge >= 0.3 is 0 Å². The highest BCUT2D eigenvalue weighted by molar-refractivity contribution is 9.10. The molecule has 1 amide bonds. The number of nitrogens with zero attached hydrogens (tertiary/aromatic N) is 5. The lowest BCUT2D eigenvalue weighted by Gasteiger charge is -2.31. The van der Waals surface area contributed by atoms with E-state index in [1.165, 1.54) is 0 Å². The minimum absolute atomic E-state index is 0.0662. The number of amides is 1. The van der Waals surface area contributed by atoms with Crippen LogP contribution in [-0.4, -0.2) is 37.4 Å². The molecule has 0 radical (unpaired) electrons. The van der Waals surface area contributed by atoms with E-state index in [9.17, 15) is 4.79 Å². The van der Waals surface area contributed by atoms with Gasteiger partial charge in [-0.1, -0.05) is 6.07 Å². The van der Waals surface area contributed by atoms with Crippen LogP contribution in [0.5, 0.6) is 0 Å². The Morgan fingerprint density at radius 3 is 3.04 bits per heavy atom. The number of carbonyl (C=O) groups excluding carboxylic acids is 1. The number of hydrogen-bond donors (Lipinski definition) is 0. The largest absolute Gasteiger partial charge is 0.338 e. The Kier molecular flexibility index (Phi) is 3.37. The van der Waals surface area contributed by atoms with Crippen LogP contribution < -0.4 is 0 Å². The van der Waals surface area contributed by atoms with Crippen molar-refractivity contribution < 1.29 is 4.79 Å². The molecule has 0 fully saturated rings. The molecular formula is C16H14BrN5O. The van der Waals surface area contributed by atoms with Gasteiger partial charge in [-0.25, -0.2) is 9.50 Å². The molecule has 4 heterocycles. The van der Waals surface area contributed by atoms with Gasteiger partial charge in [-0.3, -0.25) is 9.78 Å². The zero-order valence-corrected chi connectivity index (χ0v) is 14.1. The third kappa shape index (κ3) is 2.41. The van der Waals surface area contributed by atoms with Gasteiger partial charge in [-0.05, 0) is 34.5 Å². The average Bonchev–Trinajstić information content (AvgIpc) is 2.98. The van der Waals surface area contributed by atoms with Crippen LogP contribution in [0.25, 0.3) is 17.0 Å². The van der Waals surface area contributed by atoms with Crippen molar-refractivity contribution in [3.63, 3.8) is 0 Å². The van der Waals surface area contributed by atoms with E-state index in [0.29, 0.717) is 6.54 Å². The maximum atomic E-state index is 11.1. The molecule has 116 valence electrons. The monoisotopic (exact) mass is 371 g/mol.